The van der Waals surface area contributed by atoms with Gasteiger partial charge in [0, 0.05) is 12.1 Å². The first-order valence-corrected chi connectivity index (χ1v) is 9.57. The summed E-state index contributed by atoms with van der Waals surface area (Å²) < 4.78 is 39.6. The fourth-order valence-electron chi connectivity index (χ4n) is 2.65. The Morgan fingerprint density at radius 2 is 2.00 bits per heavy atom. The summed E-state index contributed by atoms with van der Waals surface area (Å²) in [6, 6.07) is 11.9. The van der Waals surface area contributed by atoms with Crippen LogP contribution >= 0.6 is 0 Å². The molecule has 0 fully saturated rings. The van der Waals surface area contributed by atoms with Gasteiger partial charge in [-0.15, -0.1) is 0 Å². The van der Waals surface area contributed by atoms with Gasteiger partial charge in [-0.1, -0.05) is 24.3 Å². The number of amidine groups is 1. The summed E-state index contributed by atoms with van der Waals surface area (Å²) in [4.78, 5) is 16.5. The zero-order chi connectivity index (χ0) is 18.7. The fourth-order valence-corrected chi connectivity index (χ4v) is 3.89. The summed E-state index contributed by atoms with van der Waals surface area (Å²) in [5, 5.41) is 2.72. The highest BCUT2D eigenvalue weighted by atomic mass is 32.2. The first kappa shape index (κ1) is 18.1. The lowest BCUT2D eigenvalue weighted by Crippen LogP contribution is -2.35. The second-order valence-electron chi connectivity index (χ2n) is 5.93. The van der Waals surface area contributed by atoms with Crippen LogP contribution in [0, 0.1) is 5.82 Å². The van der Waals surface area contributed by atoms with Crippen LogP contribution in [0.3, 0.4) is 0 Å². The van der Waals surface area contributed by atoms with Gasteiger partial charge in [0.2, 0.25) is 5.91 Å². The zero-order valence-electron chi connectivity index (χ0n) is 14.1. The number of sulfonamides is 1. The van der Waals surface area contributed by atoms with Crippen molar-refractivity contribution in [3.8, 4) is 0 Å². The Morgan fingerprint density at radius 1 is 1.23 bits per heavy atom. The number of hydrogen-bond donors (Lipinski definition) is 2. The number of amides is 1. The van der Waals surface area contributed by atoms with Crippen LogP contribution in [-0.2, 0) is 21.2 Å². The number of halogens is 1. The van der Waals surface area contributed by atoms with Crippen molar-refractivity contribution >= 4 is 21.8 Å². The Hall–Kier alpha value is -2.74. The van der Waals surface area contributed by atoms with Crippen LogP contribution in [0.5, 0.6) is 0 Å². The Bertz CT molecular complexity index is 973. The number of carbonyl (C=O) groups is 1. The van der Waals surface area contributed by atoms with Crippen molar-refractivity contribution in [2.45, 2.75) is 24.3 Å². The second-order valence-corrected chi connectivity index (χ2v) is 7.58. The van der Waals surface area contributed by atoms with Crippen molar-refractivity contribution < 1.29 is 17.6 Å². The third-order valence-corrected chi connectivity index (χ3v) is 5.36. The van der Waals surface area contributed by atoms with E-state index >= 15 is 0 Å². The maximum atomic E-state index is 13.1. The molecular formula is C18H18FN3O3S. The predicted molar refractivity (Wildman–Crippen MR) is 95.9 cm³/mol. The number of nitrogens with one attached hydrogen (secondary N) is 2. The third-order valence-electron chi connectivity index (χ3n) is 3.97. The van der Waals surface area contributed by atoms with E-state index in [0.717, 1.165) is 5.56 Å². The minimum Gasteiger partial charge on any atom is -0.354 e. The number of nitrogens with zero attached hydrogens (tertiary/aromatic N) is 1. The topological polar surface area (TPSA) is 87.6 Å². The molecule has 136 valence electrons. The highest BCUT2D eigenvalue weighted by Crippen LogP contribution is 2.22. The number of fused-ring (bicyclic) bond motifs is 1. The average molecular weight is 375 g/mol. The van der Waals surface area contributed by atoms with Crippen molar-refractivity contribution in [2.24, 2.45) is 4.99 Å². The first-order chi connectivity index (χ1) is 12.4. The summed E-state index contributed by atoms with van der Waals surface area (Å²) in [7, 11) is -3.63. The molecule has 0 aliphatic carbocycles. The number of benzene rings is 2. The van der Waals surface area contributed by atoms with E-state index in [1.165, 1.54) is 18.2 Å². The lowest BCUT2D eigenvalue weighted by Gasteiger charge is -2.10. The van der Waals surface area contributed by atoms with E-state index in [9.17, 15) is 17.6 Å². The Morgan fingerprint density at radius 3 is 2.77 bits per heavy atom. The molecule has 0 radical (unpaired) electrons. The smallest absolute Gasteiger partial charge is 0.263 e. The molecule has 0 spiro atoms. The van der Waals surface area contributed by atoms with Gasteiger partial charge in [-0.05, 0) is 43.2 Å². The maximum absolute atomic E-state index is 13.1. The second kappa shape index (κ2) is 7.25. The van der Waals surface area contributed by atoms with Crippen LogP contribution in [0.1, 0.15) is 18.1 Å². The largest absolute Gasteiger partial charge is 0.354 e. The van der Waals surface area contributed by atoms with E-state index < -0.39 is 16.1 Å². The van der Waals surface area contributed by atoms with Gasteiger partial charge in [-0.3, -0.25) is 14.5 Å². The molecule has 0 saturated carbocycles. The van der Waals surface area contributed by atoms with E-state index in [0.29, 0.717) is 18.5 Å². The fraction of sp³-hybridized carbons (Fsp3) is 0.222. The van der Waals surface area contributed by atoms with E-state index in [1.807, 2.05) is 0 Å². The molecule has 1 unspecified atom stereocenters. The molecule has 3 rings (SSSR count). The molecule has 2 aromatic carbocycles. The van der Waals surface area contributed by atoms with Gasteiger partial charge < -0.3 is 5.32 Å². The Balaban J connectivity index is 1.64. The van der Waals surface area contributed by atoms with Gasteiger partial charge >= 0.3 is 0 Å². The van der Waals surface area contributed by atoms with Crippen molar-refractivity contribution in [3.63, 3.8) is 0 Å². The normalized spacial score (nSPS) is 17.4. The van der Waals surface area contributed by atoms with Gasteiger partial charge in [-0.25, -0.2) is 12.8 Å². The number of carbonyl (C=O) groups excluding carboxylic acids is 1. The van der Waals surface area contributed by atoms with Crippen LogP contribution in [0.15, 0.2) is 58.4 Å². The van der Waals surface area contributed by atoms with E-state index in [1.54, 1.807) is 37.3 Å². The molecule has 0 saturated heterocycles. The van der Waals surface area contributed by atoms with Gasteiger partial charge in [0.1, 0.15) is 17.7 Å². The lowest BCUT2D eigenvalue weighted by molar-refractivity contribution is -0.121. The highest BCUT2D eigenvalue weighted by Gasteiger charge is 2.31. The maximum Gasteiger partial charge on any atom is 0.263 e. The number of aliphatic imine (C=N–C) groups is 1. The van der Waals surface area contributed by atoms with Crippen LogP contribution in [0.2, 0.25) is 0 Å². The van der Waals surface area contributed by atoms with E-state index in [4.69, 9.17) is 0 Å². The SMILES string of the molecule is CC(N=C1NS(=O)(=O)c2ccccc21)C(=O)NCCc1cccc(F)c1. The summed E-state index contributed by atoms with van der Waals surface area (Å²) in [6.45, 7) is 1.92. The van der Waals surface area contributed by atoms with Crippen LogP contribution in [0.25, 0.3) is 0 Å². The Kier molecular flexibility index (Phi) is 5.03. The van der Waals surface area contributed by atoms with Crippen molar-refractivity contribution in [1.82, 2.24) is 10.0 Å². The summed E-state index contributed by atoms with van der Waals surface area (Å²) in [5.74, 6) is -0.494. The molecule has 1 atom stereocenters. The molecule has 1 amide bonds. The Labute approximate surface area is 151 Å². The third kappa shape index (κ3) is 3.91. The molecule has 1 aliphatic rings. The zero-order valence-corrected chi connectivity index (χ0v) is 14.9. The minimum absolute atomic E-state index is 0.150. The van der Waals surface area contributed by atoms with E-state index in [-0.39, 0.29) is 22.5 Å². The average Bonchev–Trinajstić information content (AvgIpc) is 2.86. The molecule has 0 bridgehead atoms. The molecule has 6 nitrogen and oxygen atoms in total. The molecule has 1 heterocycles. The summed E-state index contributed by atoms with van der Waals surface area (Å²) >= 11 is 0. The van der Waals surface area contributed by atoms with Crippen LogP contribution < -0.4 is 10.0 Å². The highest BCUT2D eigenvalue weighted by molar-refractivity contribution is 7.90. The molecule has 2 N–H and O–H groups in total. The summed E-state index contributed by atoms with van der Waals surface area (Å²) in [5.41, 5.74) is 1.23. The van der Waals surface area contributed by atoms with Crippen molar-refractivity contribution in [3.05, 3.63) is 65.5 Å². The summed E-state index contributed by atoms with van der Waals surface area (Å²) in [6.07, 6.45) is 0.488. The molecule has 1 aliphatic heterocycles. The van der Waals surface area contributed by atoms with Gasteiger partial charge in [-0.2, -0.15) is 0 Å². The standard InChI is InChI=1S/C18H18FN3O3S/c1-12(18(23)20-10-9-13-5-4-6-14(19)11-13)21-17-15-7-2-3-8-16(15)26(24,25)22-17/h2-8,11-12H,9-10H2,1H3,(H,20,23)(H,21,22). The van der Waals surface area contributed by atoms with Gasteiger partial charge in [0.15, 0.2) is 0 Å². The predicted octanol–water partition coefficient (Wildman–Crippen LogP) is 1.61. The van der Waals surface area contributed by atoms with Crippen LogP contribution in [-0.4, -0.2) is 32.7 Å². The lowest BCUT2D eigenvalue weighted by atomic mass is 10.1. The van der Waals surface area contributed by atoms with Crippen molar-refractivity contribution in [1.29, 1.82) is 0 Å². The molecule has 8 heteroatoms. The van der Waals surface area contributed by atoms with Gasteiger partial charge in [0.05, 0.1) is 4.90 Å². The quantitative estimate of drug-likeness (QED) is 0.832. The minimum atomic E-state index is -3.63. The number of rotatable bonds is 5. The number of hydrogen-bond acceptors (Lipinski definition) is 4. The molecular weight excluding hydrogens is 357 g/mol. The van der Waals surface area contributed by atoms with E-state index in [2.05, 4.69) is 15.0 Å². The molecule has 2 aromatic rings. The first-order valence-electron chi connectivity index (χ1n) is 8.09. The molecule has 26 heavy (non-hydrogen) atoms. The van der Waals surface area contributed by atoms with Crippen molar-refractivity contribution in [2.75, 3.05) is 6.54 Å². The van der Waals surface area contributed by atoms with Gasteiger partial charge in [0.25, 0.3) is 10.0 Å². The monoisotopic (exact) mass is 375 g/mol. The molecule has 0 aromatic heterocycles. The van der Waals surface area contributed by atoms with Crippen LogP contribution in [0.4, 0.5) is 4.39 Å².